The highest BCUT2D eigenvalue weighted by Gasteiger charge is 2.11. The van der Waals surface area contributed by atoms with E-state index in [9.17, 15) is 4.79 Å². The maximum atomic E-state index is 11.5. The van der Waals surface area contributed by atoms with Gasteiger partial charge in [-0.05, 0) is 18.1 Å². The van der Waals surface area contributed by atoms with E-state index < -0.39 is 0 Å². The average Bonchev–Trinajstić information content (AvgIpc) is 2.61. The minimum Gasteiger partial charge on any atom is -0.357 e. The molecule has 15 heavy (non-hydrogen) atoms. The van der Waals surface area contributed by atoms with Crippen molar-refractivity contribution in [3.8, 4) is 0 Å². The summed E-state index contributed by atoms with van der Waals surface area (Å²) in [6.07, 6.45) is 5.60. The van der Waals surface area contributed by atoms with Gasteiger partial charge in [0.1, 0.15) is 0 Å². The monoisotopic (exact) mass is 209 g/mol. The summed E-state index contributed by atoms with van der Waals surface area (Å²) in [5.74, 6) is -0.0688. The van der Waals surface area contributed by atoms with Crippen LogP contribution in [0, 0.1) is 0 Å². The number of aromatic nitrogens is 1. The van der Waals surface area contributed by atoms with Crippen molar-refractivity contribution in [3.63, 3.8) is 0 Å². The molecule has 0 aliphatic heterocycles. The number of nitrogens with two attached hydrogens (primary N) is 1. The van der Waals surface area contributed by atoms with Gasteiger partial charge in [0.2, 0.25) is 5.91 Å². The lowest BCUT2D eigenvalue weighted by atomic mass is 10.1. The summed E-state index contributed by atoms with van der Waals surface area (Å²) in [7, 11) is 1.95. The number of nitrogens with zero attached hydrogens (tertiary/aromatic N) is 1. The summed E-state index contributed by atoms with van der Waals surface area (Å²) < 4.78 is 1.95. The lowest BCUT2D eigenvalue weighted by Crippen LogP contribution is -2.39. The van der Waals surface area contributed by atoms with Crippen molar-refractivity contribution in [2.75, 3.05) is 0 Å². The van der Waals surface area contributed by atoms with Gasteiger partial charge in [-0.3, -0.25) is 4.79 Å². The predicted octanol–water partition coefficient (Wildman–Crippen LogP) is 0.769. The highest BCUT2D eigenvalue weighted by atomic mass is 16.2. The quantitative estimate of drug-likeness (QED) is 0.752. The van der Waals surface area contributed by atoms with E-state index in [0.29, 0.717) is 6.54 Å². The Morgan fingerprint density at radius 1 is 1.67 bits per heavy atom. The smallest absolute Gasteiger partial charge is 0.237 e. The number of hydrogen-bond acceptors (Lipinski definition) is 2. The molecule has 4 nitrogen and oxygen atoms in total. The second-order valence-corrected chi connectivity index (χ2v) is 3.80. The third-order valence-electron chi connectivity index (χ3n) is 2.30. The van der Waals surface area contributed by atoms with Crippen LogP contribution in [0.25, 0.3) is 0 Å². The summed E-state index contributed by atoms with van der Waals surface area (Å²) in [4.78, 5) is 11.5. The molecule has 4 heteroatoms. The van der Waals surface area contributed by atoms with E-state index >= 15 is 0 Å². The molecule has 1 rings (SSSR count). The van der Waals surface area contributed by atoms with Gasteiger partial charge in [0.15, 0.2) is 0 Å². The summed E-state index contributed by atoms with van der Waals surface area (Å²) >= 11 is 0. The van der Waals surface area contributed by atoms with Crippen molar-refractivity contribution in [3.05, 3.63) is 24.0 Å². The van der Waals surface area contributed by atoms with Gasteiger partial charge < -0.3 is 15.6 Å². The van der Waals surface area contributed by atoms with Crippen LogP contribution in [0.1, 0.15) is 25.3 Å². The molecule has 0 aromatic carbocycles. The van der Waals surface area contributed by atoms with Crippen LogP contribution in [0.5, 0.6) is 0 Å². The zero-order valence-electron chi connectivity index (χ0n) is 9.36. The molecule has 0 spiro atoms. The van der Waals surface area contributed by atoms with Crippen LogP contribution >= 0.6 is 0 Å². The van der Waals surface area contributed by atoms with E-state index in [2.05, 4.69) is 5.32 Å². The first-order valence-corrected chi connectivity index (χ1v) is 5.27. The molecule has 84 valence electrons. The number of nitrogens with one attached hydrogen (secondary N) is 1. The van der Waals surface area contributed by atoms with Crippen LogP contribution in [0.4, 0.5) is 0 Å². The van der Waals surface area contributed by atoms with Gasteiger partial charge in [-0.25, -0.2) is 0 Å². The molecule has 0 fully saturated rings. The lowest BCUT2D eigenvalue weighted by Gasteiger charge is -2.10. The molecular weight excluding hydrogens is 190 g/mol. The number of hydrogen-bond donors (Lipinski definition) is 2. The Morgan fingerprint density at radius 2 is 2.40 bits per heavy atom. The third-order valence-corrected chi connectivity index (χ3v) is 2.30. The van der Waals surface area contributed by atoms with Crippen LogP contribution in [-0.4, -0.2) is 16.5 Å². The van der Waals surface area contributed by atoms with Crippen LogP contribution in [-0.2, 0) is 18.4 Å². The Morgan fingerprint density at radius 3 is 2.93 bits per heavy atom. The molecule has 0 aliphatic carbocycles. The normalized spacial score (nSPS) is 12.5. The largest absolute Gasteiger partial charge is 0.357 e. The molecule has 0 aliphatic rings. The molecule has 0 saturated heterocycles. The van der Waals surface area contributed by atoms with Crippen molar-refractivity contribution in [2.24, 2.45) is 12.8 Å². The molecule has 0 saturated carbocycles. The lowest BCUT2D eigenvalue weighted by molar-refractivity contribution is -0.122. The fraction of sp³-hybridized carbons (Fsp3) is 0.545. The standard InChI is InChI=1S/C11H19N3O/c1-3-4-10(12)11(15)13-7-9-5-6-14(2)8-9/h5-6,8,10H,3-4,7,12H2,1-2H3,(H,13,15)/t10-/m0/s1. The average molecular weight is 209 g/mol. The van der Waals surface area contributed by atoms with Gasteiger partial charge in [0.05, 0.1) is 6.04 Å². The molecule has 1 heterocycles. The van der Waals surface area contributed by atoms with Crippen LogP contribution in [0.2, 0.25) is 0 Å². The van der Waals surface area contributed by atoms with Crippen molar-refractivity contribution in [1.29, 1.82) is 0 Å². The number of amides is 1. The molecule has 1 aromatic heterocycles. The fourth-order valence-electron chi connectivity index (χ4n) is 1.43. The Balaban J connectivity index is 2.34. The van der Waals surface area contributed by atoms with Crippen molar-refractivity contribution >= 4 is 5.91 Å². The maximum absolute atomic E-state index is 11.5. The summed E-state index contributed by atoms with van der Waals surface area (Å²) in [6, 6.07) is 1.60. The van der Waals surface area contributed by atoms with Crippen molar-refractivity contribution < 1.29 is 4.79 Å². The Kier molecular flexibility index (Phi) is 4.37. The van der Waals surface area contributed by atoms with Crippen LogP contribution in [0.3, 0.4) is 0 Å². The number of carbonyl (C=O) groups is 1. The summed E-state index contributed by atoms with van der Waals surface area (Å²) in [5, 5.41) is 2.82. The topological polar surface area (TPSA) is 60.1 Å². The zero-order valence-corrected chi connectivity index (χ0v) is 9.36. The Labute approximate surface area is 90.5 Å². The molecule has 3 N–H and O–H groups in total. The van der Waals surface area contributed by atoms with Gasteiger partial charge in [0.25, 0.3) is 0 Å². The molecule has 1 atom stereocenters. The summed E-state index contributed by atoms with van der Waals surface area (Å²) in [6.45, 7) is 2.57. The molecule has 0 radical (unpaired) electrons. The van der Waals surface area contributed by atoms with Gasteiger partial charge in [-0.15, -0.1) is 0 Å². The van der Waals surface area contributed by atoms with Gasteiger partial charge in [0, 0.05) is 26.0 Å². The van der Waals surface area contributed by atoms with Crippen molar-refractivity contribution in [1.82, 2.24) is 9.88 Å². The van der Waals surface area contributed by atoms with E-state index in [0.717, 1.165) is 18.4 Å². The number of rotatable bonds is 5. The third kappa shape index (κ3) is 3.75. The summed E-state index contributed by atoms with van der Waals surface area (Å²) in [5.41, 5.74) is 6.77. The van der Waals surface area contributed by atoms with Gasteiger partial charge >= 0.3 is 0 Å². The minimum absolute atomic E-state index is 0.0688. The highest BCUT2D eigenvalue weighted by Crippen LogP contribution is 1.99. The first-order valence-electron chi connectivity index (χ1n) is 5.27. The van der Waals surface area contributed by atoms with E-state index in [1.54, 1.807) is 0 Å². The molecule has 0 unspecified atom stereocenters. The van der Waals surface area contributed by atoms with Gasteiger partial charge in [-0.2, -0.15) is 0 Å². The van der Waals surface area contributed by atoms with E-state index in [4.69, 9.17) is 5.73 Å². The fourth-order valence-corrected chi connectivity index (χ4v) is 1.43. The molecular formula is C11H19N3O. The first-order chi connectivity index (χ1) is 7.13. The second-order valence-electron chi connectivity index (χ2n) is 3.80. The predicted molar refractivity (Wildman–Crippen MR) is 60.1 cm³/mol. The molecule has 1 amide bonds. The second kappa shape index (κ2) is 5.56. The molecule has 1 aromatic rings. The van der Waals surface area contributed by atoms with Crippen LogP contribution in [0.15, 0.2) is 18.5 Å². The van der Waals surface area contributed by atoms with Crippen LogP contribution < -0.4 is 11.1 Å². The number of carbonyl (C=O) groups excluding carboxylic acids is 1. The highest BCUT2D eigenvalue weighted by molar-refractivity contribution is 5.81. The SMILES string of the molecule is CCC[C@H](N)C(=O)NCc1ccn(C)c1. The van der Waals surface area contributed by atoms with E-state index in [1.165, 1.54) is 0 Å². The minimum atomic E-state index is -0.376. The number of aryl methyl sites for hydroxylation is 1. The Hall–Kier alpha value is -1.29. The Bertz CT molecular complexity index is 319. The van der Waals surface area contributed by atoms with E-state index in [1.807, 2.05) is 37.0 Å². The van der Waals surface area contributed by atoms with Crippen molar-refractivity contribution in [2.45, 2.75) is 32.4 Å². The van der Waals surface area contributed by atoms with Gasteiger partial charge in [-0.1, -0.05) is 13.3 Å². The first kappa shape index (κ1) is 11.8. The molecule has 0 bridgehead atoms. The zero-order chi connectivity index (χ0) is 11.3. The van der Waals surface area contributed by atoms with E-state index in [-0.39, 0.29) is 11.9 Å². The maximum Gasteiger partial charge on any atom is 0.237 e.